The van der Waals surface area contributed by atoms with Crippen molar-refractivity contribution in [3.05, 3.63) is 54.1 Å². The van der Waals surface area contributed by atoms with E-state index in [0.717, 1.165) is 49.4 Å². The second-order valence-electron chi connectivity index (χ2n) is 7.71. The summed E-state index contributed by atoms with van der Waals surface area (Å²) < 4.78 is 5.21. The molecule has 1 aromatic heterocycles. The van der Waals surface area contributed by atoms with Crippen molar-refractivity contribution in [1.29, 1.82) is 0 Å². The number of nitrogens with one attached hydrogen (secondary N) is 1. The molecule has 0 radical (unpaired) electrons. The summed E-state index contributed by atoms with van der Waals surface area (Å²) in [5, 5.41) is 2.97. The van der Waals surface area contributed by atoms with Crippen LogP contribution in [0.5, 0.6) is 5.75 Å². The van der Waals surface area contributed by atoms with Crippen LogP contribution in [0.2, 0.25) is 0 Å². The third-order valence-electron chi connectivity index (χ3n) is 5.49. The maximum Gasteiger partial charge on any atom is 0.222 e. The number of amides is 2. The van der Waals surface area contributed by atoms with Crippen LogP contribution in [0, 0.1) is 5.92 Å². The summed E-state index contributed by atoms with van der Waals surface area (Å²) in [5.74, 6) is 1.37. The maximum absolute atomic E-state index is 12.6. The molecule has 1 aliphatic heterocycles. The van der Waals surface area contributed by atoms with E-state index < -0.39 is 0 Å². The lowest BCUT2D eigenvalue weighted by Crippen LogP contribution is -2.40. The molecule has 0 saturated carbocycles. The minimum absolute atomic E-state index is 0.0453. The SMILES string of the molecule is COc1cccc(CNC(=O)CCC2CCCN(C(=O)CCc3cnccn3)C2)c1. The Morgan fingerprint density at radius 1 is 1.27 bits per heavy atom. The largest absolute Gasteiger partial charge is 0.497 e. The fourth-order valence-corrected chi connectivity index (χ4v) is 3.79. The lowest BCUT2D eigenvalue weighted by atomic mass is 9.93. The minimum Gasteiger partial charge on any atom is -0.497 e. The molecule has 1 aliphatic rings. The van der Waals surface area contributed by atoms with E-state index in [0.29, 0.717) is 31.7 Å². The second kappa shape index (κ2) is 11.3. The molecule has 160 valence electrons. The number of ether oxygens (including phenoxy) is 1. The highest BCUT2D eigenvalue weighted by molar-refractivity contribution is 5.77. The Morgan fingerprint density at radius 3 is 2.97 bits per heavy atom. The van der Waals surface area contributed by atoms with Crippen molar-refractivity contribution in [2.45, 2.75) is 45.1 Å². The van der Waals surface area contributed by atoms with Crippen molar-refractivity contribution < 1.29 is 14.3 Å². The molecule has 1 saturated heterocycles. The van der Waals surface area contributed by atoms with E-state index in [1.54, 1.807) is 25.7 Å². The van der Waals surface area contributed by atoms with E-state index in [9.17, 15) is 9.59 Å². The predicted molar refractivity (Wildman–Crippen MR) is 114 cm³/mol. The van der Waals surface area contributed by atoms with Gasteiger partial charge < -0.3 is 15.0 Å². The molecule has 0 bridgehead atoms. The van der Waals surface area contributed by atoms with Crippen molar-refractivity contribution in [2.75, 3.05) is 20.2 Å². The normalized spacial score (nSPS) is 16.2. The average Bonchev–Trinajstić information content (AvgIpc) is 2.81. The van der Waals surface area contributed by atoms with Gasteiger partial charge in [-0.25, -0.2) is 0 Å². The van der Waals surface area contributed by atoms with E-state index in [4.69, 9.17) is 4.74 Å². The first-order valence-electron chi connectivity index (χ1n) is 10.6. The van der Waals surface area contributed by atoms with Gasteiger partial charge >= 0.3 is 0 Å². The fourth-order valence-electron chi connectivity index (χ4n) is 3.79. The smallest absolute Gasteiger partial charge is 0.222 e. The molecule has 7 heteroatoms. The topological polar surface area (TPSA) is 84.4 Å². The minimum atomic E-state index is 0.0453. The van der Waals surface area contributed by atoms with Crippen molar-refractivity contribution >= 4 is 11.8 Å². The van der Waals surface area contributed by atoms with Gasteiger partial charge in [-0.3, -0.25) is 19.6 Å². The number of likely N-dealkylation sites (tertiary alicyclic amines) is 1. The number of piperidine rings is 1. The van der Waals surface area contributed by atoms with E-state index in [-0.39, 0.29) is 11.8 Å². The zero-order valence-corrected chi connectivity index (χ0v) is 17.5. The fraction of sp³-hybridized carbons (Fsp3) is 0.478. The predicted octanol–water partition coefficient (Wildman–Crippen LogP) is 2.75. The van der Waals surface area contributed by atoms with E-state index in [1.165, 1.54) is 0 Å². The number of methoxy groups -OCH3 is 1. The highest BCUT2D eigenvalue weighted by Gasteiger charge is 2.24. The van der Waals surface area contributed by atoms with Gasteiger partial charge in [0, 0.05) is 51.1 Å². The zero-order chi connectivity index (χ0) is 21.2. The number of carbonyl (C=O) groups excluding carboxylic acids is 2. The van der Waals surface area contributed by atoms with Crippen LogP contribution < -0.4 is 10.1 Å². The summed E-state index contributed by atoms with van der Waals surface area (Å²) in [6, 6.07) is 7.69. The number of carbonyl (C=O) groups is 2. The summed E-state index contributed by atoms with van der Waals surface area (Å²) in [6.07, 6.45) is 9.39. The number of nitrogens with zero attached hydrogens (tertiary/aromatic N) is 3. The van der Waals surface area contributed by atoms with Gasteiger partial charge in [-0.2, -0.15) is 0 Å². The van der Waals surface area contributed by atoms with Crippen molar-refractivity contribution in [1.82, 2.24) is 20.2 Å². The molecule has 3 rings (SSSR count). The molecule has 30 heavy (non-hydrogen) atoms. The van der Waals surface area contributed by atoms with Crippen LogP contribution in [0.1, 0.15) is 43.4 Å². The molecule has 1 fully saturated rings. The standard InChI is InChI=1S/C23H30N4O3/c1-30-21-6-2-4-19(14-21)15-26-22(28)9-7-18-5-3-13-27(17-18)23(29)10-8-20-16-24-11-12-25-20/h2,4,6,11-12,14,16,18H,3,5,7-10,13,15,17H2,1H3,(H,26,28). The van der Waals surface area contributed by atoms with Crippen molar-refractivity contribution in [3.63, 3.8) is 0 Å². The van der Waals surface area contributed by atoms with Crippen LogP contribution in [0.4, 0.5) is 0 Å². The molecule has 7 nitrogen and oxygen atoms in total. The Kier molecular flexibility index (Phi) is 8.18. The maximum atomic E-state index is 12.6. The molecular weight excluding hydrogens is 380 g/mol. The lowest BCUT2D eigenvalue weighted by Gasteiger charge is -2.33. The van der Waals surface area contributed by atoms with E-state index in [2.05, 4.69) is 15.3 Å². The highest BCUT2D eigenvalue weighted by atomic mass is 16.5. The Labute approximate surface area is 177 Å². The Hall–Kier alpha value is -2.96. The summed E-state index contributed by atoms with van der Waals surface area (Å²) in [4.78, 5) is 35.0. The van der Waals surface area contributed by atoms with Gasteiger partial charge in [0.1, 0.15) is 5.75 Å². The van der Waals surface area contributed by atoms with Crippen molar-refractivity contribution in [3.8, 4) is 5.75 Å². The molecule has 2 amide bonds. The van der Waals surface area contributed by atoms with Gasteiger partial charge in [0.05, 0.1) is 12.8 Å². The van der Waals surface area contributed by atoms with Gasteiger partial charge in [0.25, 0.3) is 0 Å². The molecule has 2 heterocycles. The van der Waals surface area contributed by atoms with Gasteiger partial charge in [0.15, 0.2) is 0 Å². The number of aromatic nitrogens is 2. The first-order valence-corrected chi connectivity index (χ1v) is 10.6. The molecule has 2 aromatic rings. The monoisotopic (exact) mass is 410 g/mol. The molecule has 1 aromatic carbocycles. The summed E-state index contributed by atoms with van der Waals surface area (Å²) in [5.41, 5.74) is 1.85. The second-order valence-corrected chi connectivity index (χ2v) is 7.71. The number of rotatable bonds is 9. The third-order valence-corrected chi connectivity index (χ3v) is 5.49. The number of hydrogen-bond donors (Lipinski definition) is 1. The van der Waals surface area contributed by atoms with E-state index >= 15 is 0 Å². The number of hydrogen-bond acceptors (Lipinski definition) is 5. The Morgan fingerprint density at radius 2 is 2.17 bits per heavy atom. The molecule has 0 spiro atoms. The quantitative estimate of drug-likeness (QED) is 0.687. The van der Waals surface area contributed by atoms with Crippen LogP contribution >= 0.6 is 0 Å². The van der Waals surface area contributed by atoms with Crippen LogP contribution in [0.15, 0.2) is 42.9 Å². The van der Waals surface area contributed by atoms with Crippen LogP contribution in [-0.4, -0.2) is 46.9 Å². The van der Waals surface area contributed by atoms with Crippen LogP contribution in [-0.2, 0) is 22.6 Å². The number of aryl methyl sites for hydroxylation is 1. The van der Waals surface area contributed by atoms with E-state index in [1.807, 2.05) is 29.2 Å². The number of benzene rings is 1. The molecule has 1 atom stereocenters. The van der Waals surface area contributed by atoms with Gasteiger partial charge in [-0.1, -0.05) is 12.1 Å². The molecule has 0 aliphatic carbocycles. The Bertz CT molecular complexity index is 828. The average molecular weight is 411 g/mol. The van der Waals surface area contributed by atoms with Crippen LogP contribution in [0.3, 0.4) is 0 Å². The lowest BCUT2D eigenvalue weighted by molar-refractivity contribution is -0.133. The Balaban J connectivity index is 1.37. The summed E-state index contributed by atoms with van der Waals surface area (Å²) in [6.45, 7) is 2.04. The summed E-state index contributed by atoms with van der Waals surface area (Å²) in [7, 11) is 1.63. The summed E-state index contributed by atoms with van der Waals surface area (Å²) >= 11 is 0. The molecule has 1 N–H and O–H groups in total. The van der Waals surface area contributed by atoms with Crippen molar-refractivity contribution in [2.24, 2.45) is 5.92 Å². The first kappa shape index (κ1) is 21.7. The molecule has 1 unspecified atom stereocenters. The van der Waals surface area contributed by atoms with Gasteiger partial charge in [-0.15, -0.1) is 0 Å². The van der Waals surface area contributed by atoms with Gasteiger partial charge in [-0.05, 0) is 49.3 Å². The van der Waals surface area contributed by atoms with Gasteiger partial charge in [0.2, 0.25) is 11.8 Å². The zero-order valence-electron chi connectivity index (χ0n) is 17.5. The third kappa shape index (κ3) is 6.83. The molecular formula is C23H30N4O3. The van der Waals surface area contributed by atoms with Crippen LogP contribution in [0.25, 0.3) is 0 Å². The highest BCUT2D eigenvalue weighted by Crippen LogP contribution is 2.22. The first-order chi connectivity index (χ1) is 14.6.